The summed E-state index contributed by atoms with van der Waals surface area (Å²) in [4.78, 5) is 2.56. The zero-order valence-corrected chi connectivity index (χ0v) is 9.02. The van der Waals surface area contributed by atoms with E-state index in [1.807, 2.05) is 0 Å². The summed E-state index contributed by atoms with van der Waals surface area (Å²) in [6.07, 6.45) is 2.48. The molecule has 1 N–H and O–H groups in total. The molecule has 2 aliphatic heterocycles. The first kappa shape index (κ1) is 8.57. The SMILES string of the molecule is CCC1CC(Br)=C2CNCCN21. The van der Waals surface area contributed by atoms with E-state index < -0.39 is 0 Å². The average molecular weight is 231 g/mol. The first-order valence-electron chi connectivity index (χ1n) is 4.67. The molecular formula is C9H15BrN2. The fourth-order valence-corrected chi connectivity index (χ4v) is 2.84. The molecule has 0 aromatic carbocycles. The zero-order chi connectivity index (χ0) is 8.55. The van der Waals surface area contributed by atoms with Crippen LogP contribution < -0.4 is 5.32 Å². The van der Waals surface area contributed by atoms with Crippen LogP contribution in [0.5, 0.6) is 0 Å². The van der Waals surface area contributed by atoms with Crippen molar-refractivity contribution in [1.82, 2.24) is 10.2 Å². The van der Waals surface area contributed by atoms with Gasteiger partial charge in [-0.3, -0.25) is 0 Å². The summed E-state index contributed by atoms with van der Waals surface area (Å²) in [5, 5.41) is 3.40. The molecule has 0 aromatic heterocycles. The molecule has 2 nitrogen and oxygen atoms in total. The van der Waals surface area contributed by atoms with Crippen LogP contribution in [-0.4, -0.2) is 30.6 Å². The van der Waals surface area contributed by atoms with Gasteiger partial charge in [-0.2, -0.15) is 0 Å². The number of fused-ring (bicyclic) bond motifs is 1. The molecule has 2 rings (SSSR count). The largest absolute Gasteiger partial charge is 0.369 e. The molecule has 2 heterocycles. The highest BCUT2D eigenvalue weighted by Crippen LogP contribution is 2.34. The molecule has 2 aliphatic rings. The van der Waals surface area contributed by atoms with E-state index in [9.17, 15) is 0 Å². The lowest BCUT2D eigenvalue weighted by Crippen LogP contribution is -2.43. The van der Waals surface area contributed by atoms with Gasteiger partial charge in [-0.05, 0) is 6.42 Å². The normalized spacial score (nSPS) is 29.5. The van der Waals surface area contributed by atoms with Crippen LogP contribution in [0, 0.1) is 0 Å². The van der Waals surface area contributed by atoms with Crippen LogP contribution >= 0.6 is 15.9 Å². The second-order valence-electron chi connectivity index (χ2n) is 3.49. The topological polar surface area (TPSA) is 15.3 Å². The molecule has 0 saturated carbocycles. The van der Waals surface area contributed by atoms with Crippen molar-refractivity contribution in [3.05, 3.63) is 10.2 Å². The third-order valence-corrected chi connectivity index (χ3v) is 3.59. The summed E-state index contributed by atoms with van der Waals surface area (Å²) in [5.74, 6) is 0. The Kier molecular flexibility index (Phi) is 2.42. The molecule has 0 spiro atoms. The molecule has 1 atom stereocenters. The van der Waals surface area contributed by atoms with E-state index in [0.29, 0.717) is 0 Å². The number of piperazine rings is 1. The summed E-state index contributed by atoms with van der Waals surface area (Å²) in [6, 6.07) is 0.761. The second kappa shape index (κ2) is 3.38. The van der Waals surface area contributed by atoms with Gasteiger partial charge in [0.25, 0.3) is 0 Å². The fraction of sp³-hybridized carbons (Fsp3) is 0.778. The Balaban J connectivity index is 2.16. The number of hydrogen-bond acceptors (Lipinski definition) is 2. The fourth-order valence-electron chi connectivity index (χ4n) is 2.10. The van der Waals surface area contributed by atoms with E-state index in [4.69, 9.17) is 0 Å². The lowest BCUT2D eigenvalue weighted by molar-refractivity contribution is 0.243. The number of rotatable bonds is 1. The van der Waals surface area contributed by atoms with E-state index in [0.717, 1.165) is 19.1 Å². The van der Waals surface area contributed by atoms with Gasteiger partial charge in [0.2, 0.25) is 0 Å². The monoisotopic (exact) mass is 230 g/mol. The van der Waals surface area contributed by atoms with Crippen molar-refractivity contribution in [2.24, 2.45) is 0 Å². The van der Waals surface area contributed by atoms with E-state index in [1.54, 1.807) is 0 Å². The highest BCUT2D eigenvalue weighted by molar-refractivity contribution is 9.11. The van der Waals surface area contributed by atoms with Gasteiger partial charge in [-0.1, -0.05) is 22.9 Å². The molecule has 0 amide bonds. The van der Waals surface area contributed by atoms with Crippen molar-refractivity contribution in [1.29, 1.82) is 0 Å². The highest BCUT2D eigenvalue weighted by Gasteiger charge is 2.30. The van der Waals surface area contributed by atoms with E-state index >= 15 is 0 Å². The van der Waals surface area contributed by atoms with Gasteiger partial charge in [-0.15, -0.1) is 0 Å². The maximum absolute atomic E-state index is 3.66. The van der Waals surface area contributed by atoms with Crippen molar-refractivity contribution < 1.29 is 0 Å². The average Bonchev–Trinajstić information content (AvgIpc) is 2.44. The Morgan fingerprint density at radius 2 is 2.50 bits per heavy atom. The molecule has 1 unspecified atom stereocenters. The summed E-state index contributed by atoms with van der Waals surface area (Å²) in [7, 11) is 0. The second-order valence-corrected chi connectivity index (χ2v) is 4.45. The van der Waals surface area contributed by atoms with Crippen LogP contribution in [0.1, 0.15) is 19.8 Å². The third kappa shape index (κ3) is 1.29. The molecular weight excluding hydrogens is 216 g/mol. The van der Waals surface area contributed by atoms with Gasteiger partial charge in [0.1, 0.15) is 0 Å². The van der Waals surface area contributed by atoms with Crippen molar-refractivity contribution in [3.8, 4) is 0 Å². The van der Waals surface area contributed by atoms with Gasteiger partial charge in [0.05, 0.1) is 0 Å². The Labute approximate surface area is 82.1 Å². The maximum Gasteiger partial charge on any atom is 0.0380 e. The summed E-state index contributed by atoms with van der Waals surface area (Å²) in [6.45, 7) is 5.65. The predicted octanol–water partition coefficient (Wildman–Crippen LogP) is 1.68. The first-order valence-corrected chi connectivity index (χ1v) is 5.47. The molecule has 1 fully saturated rings. The van der Waals surface area contributed by atoms with E-state index in [-0.39, 0.29) is 0 Å². The van der Waals surface area contributed by atoms with Crippen LogP contribution in [0.2, 0.25) is 0 Å². The summed E-state index contributed by atoms with van der Waals surface area (Å²) in [5.41, 5.74) is 1.49. The lowest BCUT2D eigenvalue weighted by Gasteiger charge is -2.33. The van der Waals surface area contributed by atoms with Gasteiger partial charge in [0, 0.05) is 42.3 Å². The Hall–Kier alpha value is -0.0200. The minimum Gasteiger partial charge on any atom is -0.369 e. The molecule has 1 saturated heterocycles. The molecule has 3 heteroatoms. The first-order chi connectivity index (χ1) is 5.83. The Bertz CT molecular complexity index is 213. The quantitative estimate of drug-likeness (QED) is 0.738. The molecule has 0 bridgehead atoms. The smallest absolute Gasteiger partial charge is 0.0380 e. The summed E-state index contributed by atoms with van der Waals surface area (Å²) >= 11 is 3.66. The van der Waals surface area contributed by atoms with Crippen LogP contribution in [-0.2, 0) is 0 Å². The maximum atomic E-state index is 3.66. The molecule has 12 heavy (non-hydrogen) atoms. The van der Waals surface area contributed by atoms with Crippen molar-refractivity contribution in [3.63, 3.8) is 0 Å². The van der Waals surface area contributed by atoms with Gasteiger partial charge < -0.3 is 10.2 Å². The van der Waals surface area contributed by atoms with Crippen LogP contribution in [0.25, 0.3) is 0 Å². The van der Waals surface area contributed by atoms with Gasteiger partial charge in [-0.25, -0.2) is 0 Å². The minimum atomic E-state index is 0.761. The minimum absolute atomic E-state index is 0.761. The number of nitrogens with one attached hydrogen (secondary N) is 1. The van der Waals surface area contributed by atoms with Gasteiger partial charge in [0.15, 0.2) is 0 Å². The van der Waals surface area contributed by atoms with Crippen molar-refractivity contribution in [2.75, 3.05) is 19.6 Å². The van der Waals surface area contributed by atoms with Crippen LogP contribution in [0.15, 0.2) is 10.2 Å². The standard InChI is InChI=1S/C9H15BrN2/c1-2-7-5-8(10)9-6-11-3-4-12(7)9/h7,11H,2-6H2,1H3. The van der Waals surface area contributed by atoms with Crippen molar-refractivity contribution >= 4 is 15.9 Å². The highest BCUT2D eigenvalue weighted by atomic mass is 79.9. The summed E-state index contributed by atoms with van der Waals surface area (Å²) < 4.78 is 1.42. The molecule has 0 aromatic rings. The van der Waals surface area contributed by atoms with Gasteiger partial charge >= 0.3 is 0 Å². The Morgan fingerprint density at radius 3 is 3.25 bits per heavy atom. The van der Waals surface area contributed by atoms with Crippen molar-refractivity contribution in [2.45, 2.75) is 25.8 Å². The molecule has 68 valence electrons. The third-order valence-electron chi connectivity index (χ3n) is 2.81. The van der Waals surface area contributed by atoms with Crippen LogP contribution in [0.3, 0.4) is 0 Å². The van der Waals surface area contributed by atoms with E-state index in [1.165, 1.54) is 29.6 Å². The van der Waals surface area contributed by atoms with Crippen LogP contribution in [0.4, 0.5) is 0 Å². The zero-order valence-electron chi connectivity index (χ0n) is 7.44. The Morgan fingerprint density at radius 1 is 1.67 bits per heavy atom. The number of nitrogens with zero attached hydrogens (tertiary/aromatic N) is 1. The van der Waals surface area contributed by atoms with E-state index in [2.05, 4.69) is 33.1 Å². The number of halogens is 1. The molecule has 0 aliphatic carbocycles. The number of hydrogen-bond donors (Lipinski definition) is 1. The molecule has 0 radical (unpaired) electrons. The lowest BCUT2D eigenvalue weighted by atomic mass is 10.2. The predicted molar refractivity (Wildman–Crippen MR) is 54.2 cm³/mol.